The molecular formula is C27H25NO. The summed E-state index contributed by atoms with van der Waals surface area (Å²) in [6.45, 7) is 3.50. The van der Waals surface area contributed by atoms with Crippen LogP contribution in [0.5, 0.6) is 0 Å². The molecule has 0 atom stereocenters. The van der Waals surface area contributed by atoms with Gasteiger partial charge in [-0.05, 0) is 77.6 Å². The highest BCUT2D eigenvalue weighted by Crippen LogP contribution is 2.38. The molecule has 0 unspecified atom stereocenters. The Kier molecular flexibility index (Phi) is 4.79. The highest BCUT2D eigenvalue weighted by molar-refractivity contribution is 5.88. The highest BCUT2D eigenvalue weighted by atomic mass is 16.5. The lowest BCUT2D eigenvalue weighted by Crippen LogP contribution is -2.19. The Morgan fingerprint density at radius 1 is 0.862 bits per heavy atom. The zero-order valence-electron chi connectivity index (χ0n) is 16.8. The maximum atomic E-state index is 5.92. The van der Waals surface area contributed by atoms with E-state index >= 15 is 0 Å². The van der Waals surface area contributed by atoms with Gasteiger partial charge in [0, 0.05) is 11.4 Å². The van der Waals surface area contributed by atoms with Gasteiger partial charge in [0.05, 0.1) is 18.9 Å². The van der Waals surface area contributed by atoms with E-state index in [-0.39, 0.29) is 0 Å². The van der Waals surface area contributed by atoms with Crippen molar-refractivity contribution in [1.29, 1.82) is 0 Å². The molecule has 0 N–H and O–H groups in total. The third kappa shape index (κ3) is 3.52. The van der Waals surface area contributed by atoms with E-state index in [0.717, 1.165) is 19.4 Å². The van der Waals surface area contributed by atoms with Crippen LogP contribution in [-0.4, -0.2) is 13.2 Å². The normalized spacial score (nSPS) is 16.4. The topological polar surface area (TPSA) is 12.5 Å². The molecule has 3 aromatic carbocycles. The van der Waals surface area contributed by atoms with Crippen LogP contribution in [0.2, 0.25) is 0 Å². The predicted molar refractivity (Wildman–Crippen MR) is 122 cm³/mol. The van der Waals surface area contributed by atoms with Crippen LogP contribution in [0.3, 0.4) is 0 Å². The van der Waals surface area contributed by atoms with E-state index in [4.69, 9.17) is 4.74 Å². The molecular weight excluding hydrogens is 354 g/mol. The molecule has 0 aromatic heterocycles. The summed E-state index contributed by atoms with van der Waals surface area (Å²) < 4.78 is 5.92. The molecule has 2 aliphatic rings. The molecule has 0 saturated heterocycles. The fourth-order valence-corrected chi connectivity index (χ4v) is 4.28. The highest BCUT2D eigenvalue weighted by Gasteiger charge is 2.23. The summed E-state index contributed by atoms with van der Waals surface area (Å²) in [4.78, 5) is 2.39. The van der Waals surface area contributed by atoms with Gasteiger partial charge in [0.2, 0.25) is 0 Å². The minimum atomic E-state index is 0.631. The van der Waals surface area contributed by atoms with Crippen LogP contribution in [0.1, 0.15) is 18.4 Å². The van der Waals surface area contributed by atoms with Crippen molar-refractivity contribution < 1.29 is 4.74 Å². The minimum absolute atomic E-state index is 0.631. The van der Waals surface area contributed by atoms with Crippen molar-refractivity contribution in [3.63, 3.8) is 0 Å². The average Bonchev–Trinajstić information content (AvgIpc) is 2.97. The quantitative estimate of drug-likeness (QED) is 0.493. The Bertz CT molecular complexity index is 1150. The van der Waals surface area contributed by atoms with Crippen molar-refractivity contribution in [1.82, 2.24) is 0 Å². The molecule has 3 aromatic rings. The summed E-state index contributed by atoms with van der Waals surface area (Å²) in [5, 5.41) is 2.51. The summed E-state index contributed by atoms with van der Waals surface area (Å²) in [7, 11) is 0. The van der Waals surface area contributed by atoms with Crippen LogP contribution < -0.4 is 4.90 Å². The third-order valence-electron chi connectivity index (χ3n) is 5.72. The van der Waals surface area contributed by atoms with Gasteiger partial charge in [-0.3, -0.25) is 0 Å². The third-order valence-corrected chi connectivity index (χ3v) is 5.72. The summed E-state index contributed by atoms with van der Waals surface area (Å²) in [5.41, 5.74) is 7.53. The first kappa shape index (κ1) is 18.0. The molecule has 2 nitrogen and oxygen atoms in total. The van der Waals surface area contributed by atoms with E-state index in [1.807, 2.05) is 0 Å². The fourth-order valence-electron chi connectivity index (χ4n) is 4.28. The summed E-state index contributed by atoms with van der Waals surface area (Å²) in [5.74, 6) is 0. The standard InChI is InChI=1S/C27H25NO/c1-20-7-6-11-24(17-20)28(25-14-13-21-8-2-3-9-22(21)18-25)27-15-16-29-19-23-10-4-5-12-26(23)27/h2-3,5-9,11-15,17-18H,4,10,16,19H2,1H3. The van der Waals surface area contributed by atoms with Crippen LogP contribution in [0.4, 0.5) is 11.4 Å². The maximum Gasteiger partial charge on any atom is 0.0690 e. The second-order valence-corrected chi connectivity index (χ2v) is 7.77. The van der Waals surface area contributed by atoms with Crippen LogP contribution in [0, 0.1) is 6.92 Å². The van der Waals surface area contributed by atoms with Crippen molar-refractivity contribution in [2.75, 3.05) is 18.1 Å². The van der Waals surface area contributed by atoms with Gasteiger partial charge < -0.3 is 9.64 Å². The molecule has 0 fully saturated rings. The fraction of sp³-hybridized carbons (Fsp3) is 0.185. The molecule has 144 valence electrons. The van der Waals surface area contributed by atoms with E-state index in [2.05, 4.69) is 96.8 Å². The van der Waals surface area contributed by atoms with Crippen LogP contribution in [0.15, 0.2) is 102 Å². The average molecular weight is 380 g/mol. The van der Waals surface area contributed by atoms with Gasteiger partial charge in [-0.15, -0.1) is 0 Å². The zero-order chi connectivity index (χ0) is 19.6. The van der Waals surface area contributed by atoms with Crippen molar-refractivity contribution in [2.24, 2.45) is 0 Å². The molecule has 0 bridgehead atoms. The Morgan fingerprint density at radius 2 is 1.72 bits per heavy atom. The summed E-state index contributed by atoms with van der Waals surface area (Å²) in [6.07, 6.45) is 8.96. The molecule has 0 amide bonds. The van der Waals surface area contributed by atoms with Crippen LogP contribution in [-0.2, 0) is 4.74 Å². The minimum Gasteiger partial charge on any atom is -0.373 e. The van der Waals surface area contributed by atoms with Crippen LogP contribution in [0.25, 0.3) is 10.8 Å². The molecule has 1 aliphatic heterocycles. The first-order valence-electron chi connectivity index (χ1n) is 10.3. The Labute approximate surface area is 172 Å². The molecule has 2 heteroatoms. The van der Waals surface area contributed by atoms with Gasteiger partial charge in [0.25, 0.3) is 0 Å². The van der Waals surface area contributed by atoms with E-state index in [1.165, 1.54) is 44.6 Å². The first-order chi connectivity index (χ1) is 14.3. The summed E-state index contributed by atoms with van der Waals surface area (Å²) >= 11 is 0. The largest absolute Gasteiger partial charge is 0.373 e. The number of nitrogens with zero attached hydrogens (tertiary/aromatic N) is 1. The van der Waals surface area contributed by atoms with Crippen molar-refractivity contribution in [3.05, 3.63) is 107 Å². The van der Waals surface area contributed by atoms with Crippen molar-refractivity contribution in [3.8, 4) is 0 Å². The lowest BCUT2D eigenvalue weighted by atomic mass is 9.94. The molecule has 1 heterocycles. The van der Waals surface area contributed by atoms with Gasteiger partial charge in [-0.25, -0.2) is 0 Å². The number of allylic oxidation sites excluding steroid dienone is 2. The predicted octanol–water partition coefficient (Wildman–Crippen LogP) is 6.85. The van der Waals surface area contributed by atoms with E-state index < -0.39 is 0 Å². The number of hydrogen-bond acceptors (Lipinski definition) is 2. The van der Waals surface area contributed by atoms with Gasteiger partial charge in [0.1, 0.15) is 0 Å². The number of hydrogen-bond donors (Lipinski definition) is 0. The molecule has 1 aliphatic carbocycles. The van der Waals surface area contributed by atoms with E-state index in [9.17, 15) is 0 Å². The van der Waals surface area contributed by atoms with Crippen molar-refractivity contribution >= 4 is 22.1 Å². The molecule has 29 heavy (non-hydrogen) atoms. The van der Waals surface area contributed by atoms with Gasteiger partial charge in [-0.2, -0.15) is 0 Å². The molecule has 0 radical (unpaired) electrons. The lowest BCUT2D eigenvalue weighted by molar-refractivity contribution is 0.185. The van der Waals surface area contributed by atoms with Gasteiger partial charge >= 0.3 is 0 Å². The Morgan fingerprint density at radius 3 is 2.62 bits per heavy atom. The first-order valence-corrected chi connectivity index (χ1v) is 10.3. The zero-order valence-corrected chi connectivity index (χ0v) is 16.8. The van der Waals surface area contributed by atoms with E-state index in [0.29, 0.717) is 6.61 Å². The monoisotopic (exact) mass is 379 g/mol. The van der Waals surface area contributed by atoms with E-state index in [1.54, 1.807) is 0 Å². The number of benzene rings is 3. The number of fused-ring (bicyclic) bond motifs is 1. The SMILES string of the molecule is Cc1cccc(N(C2=CCOCC3=C2C=CCC3)c2ccc3ccccc3c2)c1. The molecule has 0 spiro atoms. The van der Waals surface area contributed by atoms with Gasteiger partial charge in [0.15, 0.2) is 0 Å². The second-order valence-electron chi connectivity index (χ2n) is 7.77. The van der Waals surface area contributed by atoms with Crippen LogP contribution >= 0.6 is 0 Å². The molecule has 0 saturated carbocycles. The summed E-state index contributed by atoms with van der Waals surface area (Å²) in [6, 6.07) is 24.0. The number of ether oxygens (including phenoxy) is 1. The Balaban J connectivity index is 1.71. The second kappa shape index (κ2) is 7.73. The van der Waals surface area contributed by atoms with Crippen molar-refractivity contribution in [2.45, 2.75) is 19.8 Å². The number of anilines is 2. The smallest absolute Gasteiger partial charge is 0.0690 e. The van der Waals surface area contributed by atoms with Gasteiger partial charge in [-0.1, -0.05) is 54.6 Å². The maximum absolute atomic E-state index is 5.92. The number of aryl methyl sites for hydroxylation is 1. The Hall–Kier alpha value is -3.10. The lowest BCUT2D eigenvalue weighted by Gasteiger charge is -2.30. The molecule has 5 rings (SSSR count). The number of rotatable bonds is 3.